The highest BCUT2D eigenvalue weighted by Gasteiger charge is 2.04. The maximum absolute atomic E-state index is 11.9. The van der Waals surface area contributed by atoms with Crippen LogP contribution in [0.4, 0.5) is 5.69 Å². The van der Waals surface area contributed by atoms with E-state index >= 15 is 0 Å². The monoisotopic (exact) mass is 255 g/mol. The molecule has 0 heterocycles. The number of aliphatic hydroxyl groups excluding tert-OH is 1. The van der Waals surface area contributed by atoms with Crippen molar-refractivity contribution in [2.45, 2.75) is 20.0 Å². The highest BCUT2D eigenvalue weighted by molar-refractivity contribution is 5.92. The fourth-order valence-electron chi connectivity index (χ4n) is 1.91. The summed E-state index contributed by atoms with van der Waals surface area (Å²) in [6.45, 7) is 2.02. The lowest BCUT2D eigenvalue weighted by atomic mass is 10.1. The molecule has 3 nitrogen and oxygen atoms in total. The Labute approximate surface area is 112 Å². The average molecular weight is 255 g/mol. The first-order valence-electron chi connectivity index (χ1n) is 6.22. The van der Waals surface area contributed by atoms with Crippen molar-refractivity contribution in [1.82, 2.24) is 0 Å². The first-order valence-corrected chi connectivity index (χ1v) is 6.22. The number of anilines is 1. The topological polar surface area (TPSA) is 49.3 Å². The molecule has 0 radical (unpaired) electrons. The van der Waals surface area contributed by atoms with Gasteiger partial charge in [0.1, 0.15) is 0 Å². The summed E-state index contributed by atoms with van der Waals surface area (Å²) in [5, 5.41) is 11.8. The van der Waals surface area contributed by atoms with Gasteiger partial charge in [0.05, 0.1) is 13.0 Å². The molecule has 0 aromatic heterocycles. The van der Waals surface area contributed by atoms with Crippen molar-refractivity contribution in [3.8, 4) is 0 Å². The lowest BCUT2D eigenvalue weighted by molar-refractivity contribution is -0.115. The molecule has 0 saturated heterocycles. The molecule has 98 valence electrons. The number of nitrogens with one attached hydrogen (secondary N) is 1. The molecule has 0 spiro atoms. The van der Waals surface area contributed by atoms with E-state index in [0.717, 1.165) is 22.4 Å². The molecule has 0 aliphatic heterocycles. The molecule has 0 atom stereocenters. The van der Waals surface area contributed by atoms with E-state index in [-0.39, 0.29) is 12.5 Å². The van der Waals surface area contributed by atoms with Crippen molar-refractivity contribution in [1.29, 1.82) is 0 Å². The zero-order valence-electron chi connectivity index (χ0n) is 10.9. The molecule has 0 aliphatic rings. The predicted molar refractivity (Wildman–Crippen MR) is 75.9 cm³/mol. The molecule has 3 heteroatoms. The number of hydrogen-bond acceptors (Lipinski definition) is 2. The minimum atomic E-state index is -0.0395. The van der Waals surface area contributed by atoms with Crippen LogP contribution in [-0.4, -0.2) is 11.0 Å². The second-order valence-electron chi connectivity index (χ2n) is 4.57. The van der Waals surface area contributed by atoms with Crippen molar-refractivity contribution in [3.05, 3.63) is 65.2 Å². The van der Waals surface area contributed by atoms with Crippen LogP contribution < -0.4 is 5.32 Å². The van der Waals surface area contributed by atoms with E-state index < -0.39 is 0 Å². The van der Waals surface area contributed by atoms with E-state index in [1.54, 1.807) is 24.3 Å². The number of carbonyl (C=O) groups excluding carboxylic acids is 1. The summed E-state index contributed by atoms with van der Waals surface area (Å²) in [4.78, 5) is 11.9. The number of hydrogen-bond donors (Lipinski definition) is 2. The Bertz CT molecular complexity index is 561. The zero-order valence-corrected chi connectivity index (χ0v) is 10.9. The van der Waals surface area contributed by atoms with Crippen LogP contribution in [0.2, 0.25) is 0 Å². The maximum Gasteiger partial charge on any atom is 0.228 e. The van der Waals surface area contributed by atoms with Gasteiger partial charge in [-0.2, -0.15) is 0 Å². The Morgan fingerprint density at radius 2 is 1.84 bits per heavy atom. The number of aryl methyl sites for hydroxylation is 1. The summed E-state index contributed by atoms with van der Waals surface area (Å²) in [5.41, 5.74) is 3.73. The molecular formula is C16H17NO2. The summed E-state index contributed by atoms with van der Waals surface area (Å²) in [5.74, 6) is -0.0395. The summed E-state index contributed by atoms with van der Waals surface area (Å²) in [6, 6.07) is 15.1. The maximum atomic E-state index is 11.9. The van der Waals surface area contributed by atoms with Crippen LogP contribution in [0.5, 0.6) is 0 Å². The third-order valence-corrected chi connectivity index (χ3v) is 2.87. The Hall–Kier alpha value is -2.13. The van der Waals surface area contributed by atoms with Gasteiger partial charge in [0.2, 0.25) is 5.91 Å². The van der Waals surface area contributed by atoms with Crippen LogP contribution in [0.25, 0.3) is 0 Å². The van der Waals surface area contributed by atoms with Crippen LogP contribution >= 0.6 is 0 Å². The average Bonchev–Trinajstić information content (AvgIpc) is 2.39. The van der Waals surface area contributed by atoms with E-state index in [0.29, 0.717) is 6.42 Å². The quantitative estimate of drug-likeness (QED) is 0.882. The molecule has 2 rings (SSSR count). The Balaban J connectivity index is 1.97. The largest absolute Gasteiger partial charge is 0.392 e. The van der Waals surface area contributed by atoms with Crippen LogP contribution in [0.1, 0.15) is 16.7 Å². The van der Waals surface area contributed by atoms with Crippen molar-refractivity contribution >= 4 is 11.6 Å². The molecular weight excluding hydrogens is 238 g/mol. The lowest BCUT2D eigenvalue weighted by Crippen LogP contribution is -2.14. The van der Waals surface area contributed by atoms with Gasteiger partial charge in [-0.15, -0.1) is 0 Å². The van der Waals surface area contributed by atoms with Gasteiger partial charge in [-0.1, -0.05) is 42.0 Å². The highest BCUT2D eigenvalue weighted by Crippen LogP contribution is 2.11. The molecule has 0 bridgehead atoms. The van der Waals surface area contributed by atoms with Crippen molar-refractivity contribution < 1.29 is 9.90 Å². The van der Waals surface area contributed by atoms with Gasteiger partial charge in [-0.25, -0.2) is 0 Å². The Morgan fingerprint density at radius 3 is 2.47 bits per heavy atom. The Morgan fingerprint density at radius 1 is 1.11 bits per heavy atom. The Kier molecular flexibility index (Phi) is 4.31. The number of carbonyl (C=O) groups is 1. The van der Waals surface area contributed by atoms with E-state index in [9.17, 15) is 4.79 Å². The van der Waals surface area contributed by atoms with Crippen molar-refractivity contribution in [2.75, 3.05) is 5.32 Å². The van der Waals surface area contributed by atoms with Gasteiger partial charge >= 0.3 is 0 Å². The van der Waals surface area contributed by atoms with Crippen molar-refractivity contribution in [3.63, 3.8) is 0 Å². The van der Waals surface area contributed by atoms with Gasteiger partial charge in [-0.05, 0) is 30.2 Å². The molecule has 0 saturated carbocycles. The fourth-order valence-corrected chi connectivity index (χ4v) is 1.91. The van der Waals surface area contributed by atoms with Gasteiger partial charge < -0.3 is 10.4 Å². The summed E-state index contributed by atoms with van der Waals surface area (Å²) < 4.78 is 0. The first kappa shape index (κ1) is 13.3. The molecule has 19 heavy (non-hydrogen) atoms. The first-order chi connectivity index (χ1) is 9.17. The molecule has 2 N–H and O–H groups in total. The minimum absolute atomic E-state index is 0.0114. The predicted octanol–water partition coefficient (Wildman–Crippen LogP) is 2.67. The molecule has 2 aromatic carbocycles. The summed E-state index contributed by atoms with van der Waals surface area (Å²) in [7, 11) is 0. The van der Waals surface area contributed by atoms with Crippen LogP contribution in [0, 0.1) is 6.92 Å². The van der Waals surface area contributed by atoms with Crippen molar-refractivity contribution in [2.24, 2.45) is 0 Å². The number of aliphatic hydroxyl groups is 1. The molecule has 2 aromatic rings. The standard InChI is InChI=1S/C16H17NO2/c1-12-3-2-4-14(9-12)10-16(19)17-15-7-5-13(11-18)6-8-15/h2-9,18H,10-11H2,1H3,(H,17,19). The van der Waals surface area contributed by atoms with E-state index in [1.807, 2.05) is 31.2 Å². The second kappa shape index (κ2) is 6.16. The molecule has 0 unspecified atom stereocenters. The van der Waals surface area contributed by atoms with Gasteiger partial charge in [-0.3, -0.25) is 4.79 Å². The summed E-state index contributed by atoms with van der Waals surface area (Å²) in [6.07, 6.45) is 0.365. The number of amides is 1. The minimum Gasteiger partial charge on any atom is -0.392 e. The van der Waals surface area contributed by atoms with Gasteiger partial charge in [0, 0.05) is 5.69 Å². The fraction of sp³-hybridized carbons (Fsp3) is 0.188. The lowest BCUT2D eigenvalue weighted by Gasteiger charge is -2.06. The highest BCUT2D eigenvalue weighted by atomic mass is 16.3. The summed E-state index contributed by atoms with van der Waals surface area (Å²) >= 11 is 0. The van der Waals surface area contributed by atoms with Crippen LogP contribution in [0.3, 0.4) is 0 Å². The normalized spacial score (nSPS) is 10.2. The molecule has 0 aliphatic carbocycles. The van der Waals surface area contributed by atoms with E-state index in [1.165, 1.54) is 0 Å². The van der Waals surface area contributed by atoms with Gasteiger partial charge in [0.15, 0.2) is 0 Å². The zero-order chi connectivity index (χ0) is 13.7. The third-order valence-electron chi connectivity index (χ3n) is 2.87. The number of rotatable bonds is 4. The van der Waals surface area contributed by atoms with Crippen LogP contribution in [0.15, 0.2) is 48.5 Å². The van der Waals surface area contributed by atoms with E-state index in [4.69, 9.17) is 5.11 Å². The molecule has 0 fully saturated rings. The molecule has 1 amide bonds. The van der Waals surface area contributed by atoms with Gasteiger partial charge in [0.25, 0.3) is 0 Å². The SMILES string of the molecule is Cc1cccc(CC(=O)Nc2ccc(CO)cc2)c1. The number of benzene rings is 2. The third kappa shape index (κ3) is 3.93. The van der Waals surface area contributed by atoms with E-state index in [2.05, 4.69) is 5.32 Å². The second-order valence-corrected chi connectivity index (χ2v) is 4.57. The van der Waals surface area contributed by atoms with Crippen LogP contribution in [-0.2, 0) is 17.8 Å². The smallest absolute Gasteiger partial charge is 0.228 e.